The highest BCUT2D eigenvalue weighted by Crippen LogP contribution is 1.99. The first kappa shape index (κ1) is 16.1. The Hall–Kier alpha value is -1.96. The van der Waals surface area contributed by atoms with E-state index in [1.54, 1.807) is 0 Å². The van der Waals surface area contributed by atoms with Crippen molar-refractivity contribution in [3.63, 3.8) is 0 Å². The number of carboxylic acid groups (broad SMARTS) is 1. The molecule has 8 heteroatoms. The Balaban J connectivity index is 2.47. The van der Waals surface area contributed by atoms with Crippen LogP contribution in [0.4, 0.5) is 0 Å². The Morgan fingerprint density at radius 3 is 2.85 bits per heavy atom. The van der Waals surface area contributed by atoms with Crippen molar-refractivity contribution in [1.29, 1.82) is 0 Å². The van der Waals surface area contributed by atoms with Crippen LogP contribution in [0, 0.1) is 0 Å². The van der Waals surface area contributed by atoms with Crippen LogP contribution in [0.5, 0.6) is 0 Å². The zero-order valence-corrected chi connectivity index (χ0v) is 11.7. The third-order valence-corrected chi connectivity index (χ3v) is 2.77. The number of nitrogens with zero attached hydrogens (tertiary/aromatic N) is 3. The Labute approximate surface area is 117 Å². The molecule has 0 aliphatic carbocycles. The number of aromatic nitrogens is 3. The van der Waals surface area contributed by atoms with E-state index in [1.165, 1.54) is 10.9 Å². The lowest BCUT2D eigenvalue weighted by atomic mass is 10.2. The highest BCUT2D eigenvalue weighted by Gasteiger charge is 2.15. The molecule has 4 N–H and O–H groups in total. The average molecular weight is 283 g/mol. The normalized spacial score (nSPS) is 13.8. The highest BCUT2D eigenvalue weighted by atomic mass is 16.4. The molecule has 1 rings (SSSR count). The van der Waals surface area contributed by atoms with Crippen LogP contribution in [-0.4, -0.2) is 44.1 Å². The second kappa shape index (κ2) is 7.59. The predicted octanol–water partition coefficient (Wildman–Crippen LogP) is -0.463. The molecule has 0 aliphatic rings. The molecule has 1 aromatic heterocycles. The molecule has 0 saturated heterocycles. The van der Waals surface area contributed by atoms with Gasteiger partial charge in [-0.15, -0.1) is 5.10 Å². The van der Waals surface area contributed by atoms with E-state index >= 15 is 0 Å². The van der Waals surface area contributed by atoms with E-state index < -0.39 is 12.0 Å². The fourth-order valence-corrected chi connectivity index (χ4v) is 1.79. The van der Waals surface area contributed by atoms with Gasteiger partial charge in [0, 0.05) is 18.7 Å². The number of carbonyl (C=O) groups excluding carboxylic acids is 1. The van der Waals surface area contributed by atoms with Crippen LogP contribution in [0.2, 0.25) is 0 Å². The number of nitrogens with one attached hydrogen (secondary N) is 1. The molecule has 0 aliphatic heterocycles. The molecule has 0 spiro atoms. The standard InChI is InChI=1S/C12H21N5O3/c1-3-4-8(2)14-11(18)7-17-6-9(15-16-17)5-10(13)12(19)20/h6,8,10H,3-5,7,13H2,1-2H3,(H,14,18)(H,19,20). The number of amides is 1. The van der Waals surface area contributed by atoms with E-state index in [1.807, 2.05) is 6.92 Å². The summed E-state index contributed by atoms with van der Waals surface area (Å²) in [6.45, 7) is 4.06. The molecule has 1 heterocycles. The largest absolute Gasteiger partial charge is 0.480 e. The molecule has 1 aromatic rings. The van der Waals surface area contributed by atoms with Crippen LogP contribution in [0.15, 0.2) is 6.20 Å². The lowest BCUT2D eigenvalue weighted by molar-refractivity contribution is -0.138. The van der Waals surface area contributed by atoms with Crippen molar-refractivity contribution >= 4 is 11.9 Å². The van der Waals surface area contributed by atoms with E-state index in [9.17, 15) is 9.59 Å². The van der Waals surface area contributed by atoms with Crippen LogP contribution >= 0.6 is 0 Å². The Bertz CT molecular complexity index is 460. The Morgan fingerprint density at radius 2 is 2.25 bits per heavy atom. The number of hydrogen-bond donors (Lipinski definition) is 3. The van der Waals surface area contributed by atoms with Crippen LogP contribution in [0.25, 0.3) is 0 Å². The number of nitrogens with two attached hydrogens (primary N) is 1. The van der Waals surface area contributed by atoms with Crippen molar-refractivity contribution in [3.05, 3.63) is 11.9 Å². The van der Waals surface area contributed by atoms with Gasteiger partial charge in [0.2, 0.25) is 5.91 Å². The van der Waals surface area contributed by atoms with Gasteiger partial charge in [0.1, 0.15) is 12.6 Å². The molecule has 0 fully saturated rings. The van der Waals surface area contributed by atoms with E-state index in [0.29, 0.717) is 5.69 Å². The van der Waals surface area contributed by atoms with Gasteiger partial charge < -0.3 is 16.2 Å². The van der Waals surface area contributed by atoms with Crippen LogP contribution in [0.1, 0.15) is 32.4 Å². The van der Waals surface area contributed by atoms with Gasteiger partial charge in [0.05, 0.1) is 5.69 Å². The summed E-state index contributed by atoms with van der Waals surface area (Å²) in [5, 5.41) is 19.1. The third-order valence-electron chi connectivity index (χ3n) is 2.77. The maximum absolute atomic E-state index is 11.7. The summed E-state index contributed by atoms with van der Waals surface area (Å²) < 4.78 is 1.37. The number of hydrogen-bond acceptors (Lipinski definition) is 5. The lowest BCUT2D eigenvalue weighted by Crippen LogP contribution is -2.35. The molecule has 0 aromatic carbocycles. The fourth-order valence-electron chi connectivity index (χ4n) is 1.79. The Morgan fingerprint density at radius 1 is 1.55 bits per heavy atom. The molecule has 8 nitrogen and oxygen atoms in total. The zero-order valence-electron chi connectivity index (χ0n) is 11.7. The van der Waals surface area contributed by atoms with Crippen molar-refractivity contribution < 1.29 is 14.7 Å². The van der Waals surface area contributed by atoms with Gasteiger partial charge in [-0.25, -0.2) is 4.68 Å². The summed E-state index contributed by atoms with van der Waals surface area (Å²) in [7, 11) is 0. The molecule has 20 heavy (non-hydrogen) atoms. The molecule has 2 unspecified atom stereocenters. The summed E-state index contributed by atoms with van der Waals surface area (Å²) >= 11 is 0. The van der Waals surface area contributed by atoms with Crippen molar-refractivity contribution in [1.82, 2.24) is 20.3 Å². The van der Waals surface area contributed by atoms with Crippen molar-refractivity contribution in [2.45, 2.75) is 51.7 Å². The first-order chi connectivity index (χ1) is 9.42. The maximum Gasteiger partial charge on any atom is 0.320 e. The first-order valence-corrected chi connectivity index (χ1v) is 6.59. The van der Waals surface area contributed by atoms with Gasteiger partial charge >= 0.3 is 5.97 Å². The zero-order chi connectivity index (χ0) is 15.1. The smallest absolute Gasteiger partial charge is 0.320 e. The molecule has 0 saturated carbocycles. The SMILES string of the molecule is CCCC(C)NC(=O)Cn1cc(CC(N)C(=O)O)nn1. The summed E-state index contributed by atoms with van der Waals surface area (Å²) in [6.07, 6.45) is 3.54. The third kappa shape index (κ3) is 5.35. The van der Waals surface area contributed by atoms with Crippen LogP contribution in [0.3, 0.4) is 0 Å². The van der Waals surface area contributed by atoms with Crippen molar-refractivity contribution in [3.8, 4) is 0 Å². The van der Waals surface area contributed by atoms with E-state index in [-0.39, 0.29) is 24.9 Å². The monoisotopic (exact) mass is 283 g/mol. The minimum atomic E-state index is -1.09. The topological polar surface area (TPSA) is 123 Å². The minimum absolute atomic E-state index is 0.0589. The van der Waals surface area contributed by atoms with Gasteiger partial charge in [0.15, 0.2) is 0 Å². The van der Waals surface area contributed by atoms with E-state index in [2.05, 4.69) is 22.6 Å². The molecule has 112 valence electrons. The molecule has 1 amide bonds. The average Bonchev–Trinajstić information content (AvgIpc) is 2.76. The second-order valence-corrected chi connectivity index (χ2v) is 4.81. The molecular weight excluding hydrogens is 262 g/mol. The van der Waals surface area contributed by atoms with Gasteiger partial charge in [0.25, 0.3) is 0 Å². The van der Waals surface area contributed by atoms with Gasteiger partial charge in [-0.1, -0.05) is 18.6 Å². The number of aliphatic carboxylic acids is 1. The molecular formula is C12H21N5O3. The quantitative estimate of drug-likeness (QED) is 0.593. The van der Waals surface area contributed by atoms with Crippen molar-refractivity contribution in [2.75, 3.05) is 0 Å². The first-order valence-electron chi connectivity index (χ1n) is 6.59. The van der Waals surface area contributed by atoms with E-state index in [4.69, 9.17) is 10.8 Å². The minimum Gasteiger partial charge on any atom is -0.480 e. The summed E-state index contributed by atoms with van der Waals surface area (Å²) in [6, 6.07) is -0.894. The highest BCUT2D eigenvalue weighted by molar-refractivity contribution is 5.76. The summed E-state index contributed by atoms with van der Waals surface area (Å²) in [4.78, 5) is 22.3. The lowest BCUT2D eigenvalue weighted by Gasteiger charge is -2.12. The summed E-state index contributed by atoms with van der Waals surface area (Å²) in [5.74, 6) is -1.24. The fraction of sp³-hybridized carbons (Fsp3) is 0.667. The van der Waals surface area contributed by atoms with Gasteiger partial charge in [-0.05, 0) is 13.3 Å². The molecule has 2 atom stereocenters. The molecule has 0 radical (unpaired) electrons. The predicted molar refractivity (Wildman–Crippen MR) is 71.8 cm³/mol. The summed E-state index contributed by atoms with van der Waals surface area (Å²) in [5.41, 5.74) is 5.86. The van der Waals surface area contributed by atoms with Gasteiger partial charge in [-0.3, -0.25) is 9.59 Å². The number of carboxylic acids is 1. The Kier molecular flexibility index (Phi) is 6.10. The van der Waals surface area contributed by atoms with Crippen LogP contribution < -0.4 is 11.1 Å². The van der Waals surface area contributed by atoms with Crippen LogP contribution in [-0.2, 0) is 22.6 Å². The maximum atomic E-state index is 11.7. The van der Waals surface area contributed by atoms with E-state index in [0.717, 1.165) is 12.8 Å². The number of carbonyl (C=O) groups is 2. The molecule has 0 bridgehead atoms. The number of rotatable bonds is 8. The van der Waals surface area contributed by atoms with Gasteiger partial charge in [-0.2, -0.15) is 0 Å². The second-order valence-electron chi connectivity index (χ2n) is 4.81. The van der Waals surface area contributed by atoms with Crippen molar-refractivity contribution in [2.24, 2.45) is 5.73 Å².